The first kappa shape index (κ1) is 9.86. The molecule has 1 N–H and O–H groups in total. The van der Waals surface area contributed by atoms with E-state index in [-0.39, 0.29) is 11.9 Å². The highest BCUT2D eigenvalue weighted by Crippen LogP contribution is 2.19. The Morgan fingerprint density at radius 3 is 2.80 bits per heavy atom. The predicted octanol–water partition coefficient (Wildman–Crippen LogP) is 2.12. The Hall–Kier alpha value is -1.68. The van der Waals surface area contributed by atoms with Crippen LogP contribution >= 0.6 is 0 Å². The molecule has 1 unspecified atom stereocenters. The van der Waals surface area contributed by atoms with Crippen molar-refractivity contribution in [3.63, 3.8) is 0 Å². The van der Waals surface area contributed by atoms with Crippen molar-refractivity contribution in [2.75, 3.05) is 7.05 Å². The summed E-state index contributed by atoms with van der Waals surface area (Å²) in [7, 11) is 1.80. The summed E-state index contributed by atoms with van der Waals surface area (Å²) in [4.78, 5) is 4.01. The van der Waals surface area contributed by atoms with Crippen molar-refractivity contribution in [2.45, 2.75) is 6.04 Å². The van der Waals surface area contributed by atoms with E-state index >= 15 is 0 Å². The molecule has 0 fully saturated rings. The van der Waals surface area contributed by atoms with Gasteiger partial charge >= 0.3 is 0 Å². The van der Waals surface area contributed by atoms with Gasteiger partial charge in [-0.05, 0) is 31.3 Å². The third-order valence-electron chi connectivity index (χ3n) is 2.16. The molecule has 0 amide bonds. The number of aromatic nitrogens is 1. The molecule has 0 aliphatic rings. The van der Waals surface area contributed by atoms with E-state index < -0.39 is 0 Å². The predicted molar refractivity (Wildman–Crippen MR) is 53.8 cm³/mol. The fourth-order valence-electron chi connectivity index (χ4n) is 1.45. The molecule has 0 aliphatic carbocycles. The van der Waals surface area contributed by atoms with Crippen LogP contribution in [0.25, 0.3) is 0 Å². The van der Waals surface area contributed by atoms with E-state index in [9.17, 15) is 4.39 Å². The number of hydrogen-bond donors (Lipinski definition) is 1. The third-order valence-corrected chi connectivity index (χ3v) is 2.16. The van der Waals surface area contributed by atoms with Gasteiger partial charge in [-0.1, -0.05) is 0 Å². The van der Waals surface area contributed by atoms with Gasteiger partial charge in [-0.15, -0.1) is 0 Å². The molecular formula is C11H11FN2O. The molecule has 0 saturated heterocycles. The van der Waals surface area contributed by atoms with E-state index in [1.807, 2.05) is 12.1 Å². The second-order valence-corrected chi connectivity index (χ2v) is 3.14. The Labute approximate surface area is 86.9 Å². The summed E-state index contributed by atoms with van der Waals surface area (Å²) >= 11 is 0. The fraction of sp³-hybridized carbons (Fsp3) is 0.182. The van der Waals surface area contributed by atoms with Crippen LogP contribution in [0.5, 0.6) is 0 Å². The number of nitrogens with one attached hydrogen (secondary N) is 1. The summed E-state index contributed by atoms with van der Waals surface area (Å²) in [6, 6.07) is 6.55. The lowest BCUT2D eigenvalue weighted by atomic mass is 10.1. The molecule has 2 aromatic heterocycles. The number of rotatable bonds is 3. The van der Waals surface area contributed by atoms with E-state index in [0.29, 0.717) is 0 Å². The zero-order valence-electron chi connectivity index (χ0n) is 8.27. The molecule has 15 heavy (non-hydrogen) atoms. The summed E-state index contributed by atoms with van der Waals surface area (Å²) < 4.78 is 18.0. The minimum absolute atomic E-state index is 0.138. The maximum absolute atomic E-state index is 12.7. The highest BCUT2D eigenvalue weighted by molar-refractivity contribution is 5.20. The number of pyridine rings is 1. The molecule has 2 aromatic rings. The Morgan fingerprint density at radius 2 is 2.27 bits per heavy atom. The summed E-state index contributed by atoms with van der Waals surface area (Å²) in [5.74, 6) is 0.421. The maximum atomic E-state index is 12.7. The van der Waals surface area contributed by atoms with Gasteiger partial charge in [0.2, 0.25) is 0 Å². The van der Waals surface area contributed by atoms with Crippen LogP contribution in [0.15, 0.2) is 41.1 Å². The van der Waals surface area contributed by atoms with Crippen LogP contribution in [-0.4, -0.2) is 12.0 Å². The first-order chi connectivity index (χ1) is 7.31. The fourth-order valence-corrected chi connectivity index (χ4v) is 1.45. The molecule has 0 spiro atoms. The second kappa shape index (κ2) is 4.23. The third kappa shape index (κ3) is 2.05. The Balaban J connectivity index is 2.31. The lowest BCUT2D eigenvalue weighted by Gasteiger charge is -2.12. The monoisotopic (exact) mass is 206 g/mol. The van der Waals surface area contributed by atoms with Crippen LogP contribution in [0, 0.1) is 5.82 Å². The summed E-state index contributed by atoms with van der Waals surface area (Å²) in [5.41, 5.74) is 0.730. The number of furan rings is 1. The van der Waals surface area contributed by atoms with Gasteiger partial charge in [0.1, 0.15) is 17.6 Å². The normalized spacial score (nSPS) is 12.7. The molecule has 0 saturated carbocycles. The molecule has 2 heterocycles. The van der Waals surface area contributed by atoms with E-state index in [4.69, 9.17) is 4.42 Å². The summed E-state index contributed by atoms with van der Waals surface area (Å²) in [6.07, 6.45) is 2.80. The van der Waals surface area contributed by atoms with E-state index in [1.165, 1.54) is 12.3 Å². The smallest absolute Gasteiger partial charge is 0.141 e. The van der Waals surface area contributed by atoms with Crippen LogP contribution in [0.2, 0.25) is 0 Å². The lowest BCUT2D eigenvalue weighted by molar-refractivity contribution is 0.458. The molecule has 0 aromatic carbocycles. The molecule has 2 rings (SSSR count). The second-order valence-electron chi connectivity index (χ2n) is 3.14. The van der Waals surface area contributed by atoms with Crippen molar-refractivity contribution in [2.24, 2.45) is 0 Å². The molecule has 78 valence electrons. The average Bonchev–Trinajstić information content (AvgIpc) is 2.75. The zero-order chi connectivity index (χ0) is 10.7. The van der Waals surface area contributed by atoms with Gasteiger partial charge in [-0.2, -0.15) is 0 Å². The SMILES string of the molecule is CNC(c1ccc(F)cn1)c1ccco1. The van der Waals surface area contributed by atoms with Crippen molar-refractivity contribution in [3.8, 4) is 0 Å². The highest BCUT2D eigenvalue weighted by Gasteiger charge is 2.15. The van der Waals surface area contributed by atoms with Gasteiger partial charge in [0.25, 0.3) is 0 Å². The van der Waals surface area contributed by atoms with Crippen molar-refractivity contribution in [1.29, 1.82) is 0 Å². The zero-order valence-corrected chi connectivity index (χ0v) is 8.27. The van der Waals surface area contributed by atoms with Crippen LogP contribution in [0.3, 0.4) is 0 Å². The van der Waals surface area contributed by atoms with Gasteiger partial charge in [0, 0.05) is 0 Å². The Morgan fingerprint density at radius 1 is 1.40 bits per heavy atom. The summed E-state index contributed by atoms with van der Waals surface area (Å²) in [5, 5.41) is 3.06. The molecule has 0 aliphatic heterocycles. The number of halogens is 1. The van der Waals surface area contributed by atoms with E-state index in [1.54, 1.807) is 19.4 Å². The standard InChI is InChI=1S/C11H11FN2O/c1-13-11(10-3-2-6-15-10)9-5-4-8(12)7-14-9/h2-7,11,13H,1H3. The number of nitrogens with zero attached hydrogens (tertiary/aromatic N) is 1. The van der Waals surface area contributed by atoms with Gasteiger partial charge in [-0.3, -0.25) is 4.98 Å². The van der Waals surface area contributed by atoms with Crippen LogP contribution in [0.1, 0.15) is 17.5 Å². The van der Waals surface area contributed by atoms with Gasteiger partial charge < -0.3 is 9.73 Å². The van der Waals surface area contributed by atoms with Gasteiger partial charge in [0.15, 0.2) is 0 Å². The highest BCUT2D eigenvalue weighted by atomic mass is 19.1. The van der Waals surface area contributed by atoms with Crippen LogP contribution in [0.4, 0.5) is 4.39 Å². The molecule has 4 heteroatoms. The topological polar surface area (TPSA) is 38.1 Å². The summed E-state index contributed by atoms with van der Waals surface area (Å²) in [6.45, 7) is 0. The van der Waals surface area contributed by atoms with Crippen LogP contribution < -0.4 is 5.32 Å². The van der Waals surface area contributed by atoms with Gasteiger partial charge in [0.05, 0.1) is 18.2 Å². The lowest BCUT2D eigenvalue weighted by Crippen LogP contribution is -2.18. The molecule has 3 nitrogen and oxygen atoms in total. The van der Waals surface area contributed by atoms with E-state index in [2.05, 4.69) is 10.3 Å². The average molecular weight is 206 g/mol. The van der Waals surface area contributed by atoms with Crippen molar-refractivity contribution >= 4 is 0 Å². The minimum Gasteiger partial charge on any atom is -0.467 e. The van der Waals surface area contributed by atoms with Gasteiger partial charge in [-0.25, -0.2) is 4.39 Å². The largest absolute Gasteiger partial charge is 0.467 e. The van der Waals surface area contributed by atoms with Crippen LogP contribution in [-0.2, 0) is 0 Å². The molecular weight excluding hydrogens is 195 g/mol. The molecule has 1 atom stereocenters. The van der Waals surface area contributed by atoms with Crippen molar-refractivity contribution < 1.29 is 8.81 Å². The Kier molecular flexibility index (Phi) is 2.78. The Bertz CT molecular complexity index is 411. The quantitative estimate of drug-likeness (QED) is 0.835. The first-order valence-corrected chi connectivity index (χ1v) is 4.63. The molecule has 0 bridgehead atoms. The van der Waals surface area contributed by atoms with Crippen molar-refractivity contribution in [3.05, 3.63) is 54.0 Å². The van der Waals surface area contributed by atoms with Crippen molar-refractivity contribution in [1.82, 2.24) is 10.3 Å². The maximum Gasteiger partial charge on any atom is 0.141 e. The first-order valence-electron chi connectivity index (χ1n) is 4.63. The van der Waals surface area contributed by atoms with E-state index in [0.717, 1.165) is 11.5 Å². The minimum atomic E-state index is -0.340. The number of hydrogen-bond acceptors (Lipinski definition) is 3. The molecule has 0 radical (unpaired) electrons.